The molecule has 0 bridgehead atoms. The van der Waals surface area contributed by atoms with Crippen molar-refractivity contribution in [2.45, 2.75) is 18.3 Å². The summed E-state index contributed by atoms with van der Waals surface area (Å²) in [6.45, 7) is 0. The summed E-state index contributed by atoms with van der Waals surface area (Å²) < 4.78 is 45.9. The lowest BCUT2D eigenvalue weighted by molar-refractivity contribution is -0.384. The van der Waals surface area contributed by atoms with E-state index in [4.69, 9.17) is 4.74 Å². The number of nitro groups is 1. The zero-order valence-corrected chi connectivity index (χ0v) is 14.9. The molecule has 0 radical (unpaired) electrons. The molecule has 1 unspecified atom stereocenters. The van der Waals surface area contributed by atoms with E-state index in [9.17, 15) is 33.2 Å². The molecule has 1 aliphatic heterocycles. The lowest BCUT2D eigenvalue weighted by atomic mass is 10.0. The molecular formula is C18H14F3N3O5. The van der Waals surface area contributed by atoms with Gasteiger partial charge in [0.25, 0.3) is 17.3 Å². The van der Waals surface area contributed by atoms with Crippen LogP contribution < -0.4 is 4.74 Å². The van der Waals surface area contributed by atoms with Crippen LogP contribution >= 0.6 is 0 Å². The molecule has 152 valence electrons. The number of aliphatic hydroxyl groups is 1. The summed E-state index contributed by atoms with van der Waals surface area (Å²) >= 11 is 0. The van der Waals surface area contributed by atoms with Gasteiger partial charge in [0.1, 0.15) is 5.75 Å². The third-order valence-corrected chi connectivity index (χ3v) is 4.36. The standard InChI is InChI=1S/C18H14F3N3O5/c1-29-14-7-5-11(6-8-14)15-10-17(26,18(19,20)21)23(22-15)16(25)12-3-2-4-13(9-12)24(27)28/h2-9,26H,10H2,1H3. The maximum Gasteiger partial charge on any atom is 0.438 e. The molecule has 11 heteroatoms. The van der Waals surface area contributed by atoms with Crippen LogP contribution in [0.4, 0.5) is 18.9 Å². The van der Waals surface area contributed by atoms with E-state index < -0.39 is 40.4 Å². The third kappa shape index (κ3) is 3.63. The van der Waals surface area contributed by atoms with E-state index in [0.717, 1.165) is 24.3 Å². The highest BCUT2D eigenvalue weighted by molar-refractivity contribution is 6.05. The molecule has 3 rings (SSSR count). The Balaban J connectivity index is 2.04. The van der Waals surface area contributed by atoms with Gasteiger partial charge in [-0.15, -0.1) is 0 Å². The zero-order chi connectivity index (χ0) is 21.4. The van der Waals surface area contributed by atoms with Gasteiger partial charge in [0.2, 0.25) is 0 Å². The van der Waals surface area contributed by atoms with Gasteiger partial charge in [-0.2, -0.15) is 23.3 Å². The van der Waals surface area contributed by atoms with Crippen molar-refractivity contribution in [3.63, 3.8) is 0 Å². The first-order valence-corrected chi connectivity index (χ1v) is 8.17. The first kappa shape index (κ1) is 20.3. The minimum Gasteiger partial charge on any atom is -0.497 e. The Morgan fingerprint density at radius 2 is 1.93 bits per heavy atom. The van der Waals surface area contributed by atoms with Crippen molar-refractivity contribution in [2.24, 2.45) is 5.10 Å². The summed E-state index contributed by atoms with van der Waals surface area (Å²) in [5.74, 6) is -0.861. The molecule has 1 N–H and O–H groups in total. The van der Waals surface area contributed by atoms with Crippen LogP contribution in [-0.4, -0.2) is 45.7 Å². The predicted octanol–water partition coefficient (Wildman–Crippen LogP) is 3.10. The van der Waals surface area contributed by atoms with Gasteiger partial charge in [-0.1, -0.05) is 6.07 Å². The van der Waals surface area contributed by atoms with Crippen LogP contribution in [0.5, 0.6) is 5.75 Å². The van der Waals surface area contributed by atoms with Gasteiger partial charge in [0.05, 0.1) is 24.2 Å². The average Bonchev–Trinajstić information content (AvgIpc) is 3.06. The first-order valence-electron chi connectivity index (χ1n) is 8.17. The Morgan fingerprint density at radius 3 is 2.48 bits per heavy atom. The Hall–Kier alpha value is -3.47. The Labute approximate surface area is 162 Å². The van der Waals surface area contributed by atoms with Gasteiger partial charge >= 0.3 is 6.18 Å². The summed E-state index contributed by atoms with van der Waals surface area (Å²) in [5, 5.41) is 24.8. The smallest absolute Gasteiger partial charge is 0.438 e. The normalized spacial score (nSPS) is 19.1. The number of non-ortho nitro benzene ring substituents is 1. The summed E-state index contributed by atoms with van der Waals surface area (Å²) in [5.41, 5.74) is -4.41. The topological polar surface area (TPSA) is 105 Å². The molecule has 0 fully saturated rings. The molecule has 1 atom stereocenters. The van der Waals surface area contributed by atoms with Crippen LogP contribution in [0.2, 0.25) is 0 Å². The fraction of sp³-hybridized carbons (Fsp3) is 0.222. The minimum atomic E-state index is -5.22. The monoisotopic (exact) mass is 409 g/mol. The predicted molar refractivity (Wildman–Crippen MR) is 94.4 cm³/mol. The maximum atomic E-state index is 13.6. The molecule has 0 aromatic heterocycles. The highest BCUT2D eigenvalue weighted by Gasteiger charge is 2.63. The molecule has 1 aliphatic rings. The molecule has 0 saturated heterocycles. The second-order valence-electron chi connectivity index (χ2n) is 6.19. The fourth-order valence-corrected chi connectivity index (χ4v) is 2.80. The number of alkyl halides is 3. The van der Waals surface area contributed by atoms with Gasteiger partial charge in [0.15, 0.2) is 0 Å². The fourth-order valence-electron chi connectivity index (χ4n) is 2.80. The quantitative estimate of drug-likeness (QED) is 0.617. The average molecular weight is 409 g/mol. The second kappa shape index (κ2) is 7.17. The van der Waals surface area contributed by atoms with E-state index in [0.29, 0.717) is 5.75 Å². The number of hydrogen-bond acceptors (Lipinski definition) is 6. The highest BCUT2D eigenvalue weighted by atomic mass is 19.4. The number of halogens is 3. The number of hydrogen-bond donors (Lipinski definition) is 1. The lowest BCUT2D eigenvalue weighted by Crippen LogP contribution is -2.56. The number of nitrogens with zero attached hydrogens (tertiary/aromatic N) is 3. The van der Waals surface area contributed by atoms with Crippen LogP contribution in [0.3, 0.4) is 0 Å². The molecule has 2 aromatic carbocycles. The summed E-state index contributed by atoms with van der Waals surface area (Å²) in [4.78, 5) is 22.8. The first-order chi connectivity index (χ1) is 13.6. The van der Waals surface area contributed by atoms with Crippen LogP contribution in [0, 0.1) is 10.1 Å². The van der Waals surface area contributed by atoms with Crippen molar-refractivity contribution in [1.82, 2.24) is 5.01 Å². The number of hydrazone groups is 1. The van der Waals surface area contributed by atoms with Gasteiger partial charge < -0.3 is 9.84 Å². The van der Waals surface area contributed by atoms with Crippen molar-refractivity contribution < 1.29 is 32.7 Å². The molecule has 0 saturated carbocycles. The molecule has 1 amide bonds. The Morgan fingerprint density at radius 1 is 1.28 bits per heavy atom. The number of amides is 1. The van der Waals surface area contributed by atoms with Crippen LogP contribution in [0.25, 0.3) is 0 Å². The second-order valence-corrected chi connectivity index (χ2v) is 6.19. The Kier molecular flexibility index (Phi) is 5.01. The van der Waals surface area contributed by atoms with Crippen molar-refractivity contribution in [3.05, 3.63) is 69.8 Å². The van der Waals surface area contributed by atoms with Crippen LogP contribution in [0.1, 0.15) is 22.3 Å². The maximum absolute atomic E-state index is 13.6. The molecule has 2 aromatic rings. The SMILES string of the molecule is COc1ccc(C2=NN(C(=O)c3cccc([N+](=O)[O-])c3)C(O)(C(F)(F)F)C2)cc1. The number of ether oxygens (including phenoxy) is 1. The molecule has 0 aliphatic carbocycles. The van der Waals surface area contributed by atoms with Gasteiger partial charge in [0, 0.05) is 17.7 Å². The lowest BCUT2D eigenvalue weighted by Gasteiger charge is -2.32. The van der Waals surface area contributed by atoms with E-state index in [-0.39, 0.29) is 16.3 Å². The Bertz CT molecular complexity index is 991. The molecular weight excluding hydrogens is 395 g/mol. The van der Waals surface area contributed by atoms with E-state index in [1.165, 1.54) is 31.4 Å². The highest BCUT2D eigenvalue weighted by Crippen LogP contribution is 2.42. The largest absolute Gasteiger partial charge is 0.497 e. The zero-order valence-electron chi connectivity index (χ0n) is 14.9. The van der Waals surface area contributed by atoms with Crippen LogP contribution in [0.15, 0.2) is 53.6 Å². The molecule has 1 heterocycles. The van der Waals surface area contributed by atoms with Crippen molar-refractivity contribution in [3.8, 4) is 5.75 Å². The molecule has 29 heavy (non-hydrogen) atoms. The molecule has 0 spiro atoms. The number of carbonyl (C=O) groups excluding carboxylic acids is 1. The summed E-state index contributed by atoms with van der Waals surface area (Å²) in [6.07, 6.45) is -6.22. The van der Waals surface area contributed by atoms with Crippen molar-refractivity contribution in [2.75, 3.05) is 7.11 Å². The van der Waals surface area contributed by atoms with Gasteiger partial charge in [-0.25, -0.2) is 0 Å². The van der Waals surface area contributed by atoms with Crippen molar-refractivity contribution >= 4 is 17.3 Å². The molecule has 8 nitrogen and oxygen atoms in total. The summed E-state index contributed by atoms with van der Waals surface area (Å²) in [7, 11) is 1.42. The number of methoxy groups -OCH3 is 1. The minimum absolute atomic E-state index is 0.0778. The van der Waals surface area contributed by atoms with E-state index in [1.54, 1.807) is 0 Å². The number of carbonyl (C=O) groups is 1. The van der Waals surface area contributed by atoms with Gasteiger partial charge in [-0.3, -0.25) is 14.9 Å². The van der Waals surface area contributed by atoms with E-state index in [1.807, 2.05) is 0 Å². The van der Waals surface area contributed by atoms with Gasteiger partial charge in [-0.05, 0) is 35.9 Å². The number of benzene rings is 2. The van der Waals surface area contributed by atoms with Crippen LogP contribution in [-0.2, 0) is 0 Å². The van der Waals surface area contributed by atoms with E-state index in [2.05, 4.69) is 5.10 Å². The van der Waals surface area contributed by atoms with E-state index >= 15 is 0 Å². The summed E-state index contributed by atoms with van der Waals surface area (Å²) in [6, 6.07) is 10.0. The third-order valence-electron chi connectivity index (χ3n) is 4.36. The number of rotatable bonds is 4. The van der Waals surface area contributed by atoms with Crippen molar-refractivity contribution in [1.29, 1.82) is 0 Å². The number of nitro benzene ring substituents is 1.